The van der Waals surface area contributed by atoms with Crippen molar-refractivity contribution in [2.24, 2.45) is 23.7 Å². The Labute approximate surface area is 112 Å². The zero-order chi connectivity index (χ0) is 15.2. The first-order valence-electron chi connectivity index (χ1n) is 5.93. The van der Waals surface area contributed by atoms with E-state index >= 15 is 0 Å². The first kappa shape index (κ1) is 14.0. The number of hydrogen-bond donors (Lipinski definition) is 4. The van der Waals surface area contributed by atoms with Gasteiger partial charge in [-0.25, -0.2) is 9.59 Å². The third kappa shape index (κ3) is 1.84. The fraction of sp³-hybridized carbons (Fsp3) is 0.500. The Kier molecular flexibility index (Phi) is 3.24. The first-order chi connectivity index (χ1) is 9.27. The van der Waals surface area contributed by atoms with E-state index in [0.717, 1.165) is 0 Å². The maximum atomic E-state index is 11.3. The van der Waals surface area contributed by atoms with Gasteiger partial charge in [-0.15, -0.1) is 0 Å². The molecule has 0 heterocycles. The van der Waals surface area contributed by atoms with Crippen molar-refractivity contribution >= 4 is 23.9 Å². The summed E-state index contributed by atoms with van der Waals surface area (Å²) in [5.74, 6) is -10.8. The SMILES string of the molecule is O=C(O)C1=C(C(=O)O)C2CCC1C(C(=O)O)C2C(=O)O. The van der Waals surface area contributed by atoms with E-state index in [-0.39, 0.29) is 12.8 Å². The van der Waals surface area contributed by atoms with E-state index in [1.807, 2.05) is 0 Å². The van der Waals surface area contributed by atoms with Gasteiger partial charge in [0.25, 0.3) is 0 Å². The summed E-state index contributed by atoms with van der Waals surface area (Å²) in [5.41, 5.74) is -0.919. The molecule has 108 valence electrons. The minimum Gasteiger partial charge on any atom is -0.481 e. The monoisotopic (exact) mass is 284 g/mol. The number of rotatable bonds is 4. The molecule has 0 saturated heterocycles. The van der Waals surface area contributed by atoms with Crippen LogP contribution in [0.3, 0.4) is 0 Å². The van der Waals surface area contributed by atoms with Crippen LogP contribution < -0.4 is 0 Å². The molecule has 0 aliphatic heterocycles. The number of aliphatic carboxylic acids is 4. The lowest BCUT2D eigenvalue weighted by molar-refractivity contribution is -0.163. The van der Waals surface area contributed by atoms with Gasteiger partial charge < -0.3 is 20.4 Å². The minimum atomic E-state index is -1.49. The van der Waals surface area contributed by atoms with Crippen LogP contribution in [0.2, 0.25) is 0 Å². The molecule has 2 bridgehead atoms. The van der Waals surface area contributed by atoms with Gasteiger partial charge in [0, 0.05) is 11.8 Å². The van der Waals surface area contributed by atoms with Crippen LogP contribution in [0.5, 0.6) is 0 Å². The van der Waals surface area contributed by atoms with Crippen molar-refractivity contribution in [2.45, 2.75) is 12.8 Å². The van der Waals surface area contributed by atoms with Crippen LogP contribution in [0, 0.1) is 23.7 Å². The molecule has 0 aromatic rings. The Balaban J connectivity index is 2.66. The summed E-state index contributed by atoms with van der Waals surface area (Å²) in [6, 6.07) is 0. The van der Waals surface area contributed by atoms with Crippen molar-refractivity contribution in [2.75, 3.05) is 0 Å². The normalized spacial score (nSPS) is 32.0. The fourth-order valence-corrected chi connectivity index (χ4v) is 3.47. The van der Waals surface area contributed by atoms with Gasteiger partial charge in [-0.1, -0.05) is 0 Å². The van der Waals surface area contributed by atoms with E-state index < -0.39 is 58.7 Å². The van der Waals surface area contributed by atoms with Crippen LogP contribution in [-0.4, -0.2) is 44.3 Å². The van der Waals surface area contributed by atoms with Gasteiger partial charge in [-0.05, 0) is 12.8 Å². The van der Waals surface area contributed by atoms with Crippen LogP contribution >= 0.6 is 0 Å². The molecule has 20 heavy (non-hydrogen) atoms. The van der Waals surface area contributed by atoms with E-state index in [1.165, 1.54) is 0 Å². The number of carboxylic acid groups (broad SMARTS) is 4. The molecule has 4 N–H and O–H groups in total. The molecule has 0 aromatic heterocycles. The second kappa shape index (κ2) is 4.62. The summed E-state index contributed by atoms with van der Waals surface area (Å²) in [7, 11) is 0. The Bertz CT molecular complexity index is 498. The number of carbonyl (C=O) groups is 4. The molecule has 0 spiro atoms. The van der Waals surface area contributed by atoms with E-state index in [0.29, 0.717) is 0 Å². The summed E-state index contributed by atoms with van der Waals surface area (Å²) in [6.45, 7) is 0. The van der Waals surface area contributed by atoms with Gasteiger partial charge in [0.05, 0.1) is 23.0 Å². The highest BCUT2D eigenvalue weighted by Gasteiger charge is 2.57. The van der Waals surface area contributed by atoms with Crippen molar-refractivity contribution < 1.29 is 39.6 Å². The summed E-state index contributed by atoms with van der Waals surface area (Å²) < 4.78 is 0. The van der Waals surface area contributed by atoms with Crippen LogP contribution in [0.4, 0.5) is 0 Å². The molecule has 8 heteroatoms. The van der Waals surface area contributed by atoms with Crippen LogP contribution in [0.15, 0.2) is 11.1 Å². The molecule has 1 saturated carbocycles. The van der Waals surface area contributed by atoms with Gasteiger partial charge in [0.1, 0.15) is 0 Å². The highest BCUT2D eigenvalue weighted by molar-refractivity contribution is 6.02. The fourth-order valence-electron chi connectivity index (χ4n) is 3.47. The summed E-state index contributed by atoms with van der Waals surface area (Å²) in [6.07, 6.45) is 0.341. The molecular weight excluding hydrogens is 272 g/mol. The van der Waals surface area contributed by atoms with Crippen molar-refractivity contribution in [1.29, 1.82) is 0 Å². The van der Waals surface area contributed by atoms with E-state index in [4.69, 9.17) is 10.2 Å². The average Bonchev–Trinajstić information content (AvgIpc) is 2.36. The van der Waals surface area contributed by atoms with Crippen molar-refractivity contribution in [1.82, 2.24) is 0 Å². The Hall–Kier alpha value is -2.38. The average molecular weight is 284 g/mol. The summed E-state index contributed by atoms with van der Waals surface area (Å²) in [4.78, 5) is 45.0. The molecule has 1 fully saturated rings. The molecule has 0 aromatic carbocycles. The first-order valence-corrected chi connectivity index (χ1v) is 5.93. The second-order valence-corrected chi connectivity index (χ2v) is 4.96. The molecule has 0 amide bonds. The number of carboxylic acids is 4. The largest absolute Gasteiger partial charge is 0.481 e. The molecule has 0 radical (unpaired) electrons. The summed E-state index contributed by atoms with van der Waals surface area (Å²) >= 11 is 0. The van der Waals surface area contributed by atoms with E-state index in [2.05, 4.69) is 0 Å². The zero-order valence-corrected chi connectivity index (χ0v) is 10.1. The number of hydrogen-bond acceptors (Lipinski definition) is 4. The van der Waals surface area contributed by atoms with Gasteiger partial charge >= 0.3 is 23.9 Å². The lowest BCUT2D eigenvalue weighted by Gasteiger charge is -2.45. The van der Waals surface area contributed by atoms with E-state index in [1.54, 1.807) is 0 Å². The second-order valence-electron chi connectivity index (χ2n) is 4.96. The van der Waals surface area contributed by atoms with Gasteiger partial charge in [-0.2, -0.15) is 0 Å². The van der Waals surface area contributed by atoms with Crippen molar-refractivity contribution in [3.63, 3.8) is 0 Å². The third-order valence-corrected chi connectivity index (χ3v) is 4.11. The standard InChI is InChI=1S/C12H12O8/c13-9(14)5-3-1-2-4(7(5)11(17)18)8(12(19)20)6(3)10(15)16/h3-5,7H,1-2H2,(H,13,14)(H,15,16)(H,17,18)(H,19,20). The topological polar surface area (TPSA) is 149 Å². The quantitative estimate of drug-likeness (QED) is 0.558. The lowest BCUT2D eigenvalue weighted by atomic mass is 9.56. The predicted octanol–water partition coefficient (Wildman–Crippen LogP) is -0.106. The maximum Gasteiger partial charge on any atom is 0.332 e. The highest BCUT2D eigenvalue weighted by Crippen LogP contribution is 2.52. The molecule has 3 rings (SSSR count). The van der Waals surface area contributed by atoms with Gasteiger partial charge in [0.2, 0.25) is 0 Å². The Morgan fingerprint density at radius 3 is 1.20 bits per heavy atom. The molecule has 4 unspecified atom stereocenters. The molecule has 4 atom stereocenters. The van der Waals surface area contributed by atoms with Gasteiger partial charge in [-0.3, -0.25) is 9.59 Å². The van der Waals surface area contributed by atoms with Gasteiger partial charge in [0.15, 0.2) is 0 Å². The van der Waals surface area contributed by atoms with Crippen LogP contribution in [0.1, 0.15) is 12.8 Å². The minimum absolute atomic E-state index is 0.170. The molecule has 8 nitrogen and oxygen atoms in total. The van der Waals surface area contributed by atoms with E-state index in [9.17, 15) is 29.4 Å². The third-order valence-electron chi connectivity index (χ3n) is 4.11. The van der Waals surface area contributed by atoms with Crippen LogP contribution in [-0.2, 0) is 19.2 Å². The van der Waals surface area contributed by atoms with Crippen LogP contribution in [0.25, 0.3) is 0 Å². The zero-order valence-electron chi connectivity index (χ0n) is 10.1. The lowest BCUT2D eigenvalue weighted by Crippen LogP contribution is -2.51. The summed E-state index contributed by atoms with van der Waals surface area (Å²) in [5, 5.41) is 36.6. The van der Waals surface area contributed by atoms with Crippen molar-refractivity contribution in [3.8, 4) is 0 Å². The predicted molar refractivity (Wildman–Crippen MR) is 60.8 cm³/mol. The number of fused-ring (bicyclic) bond motifs is 2. The smallest absolute Gasteiger partial charge is 0.332 e. The molecular formula is C12H12O8. The maximum absolute atomic E-state index is 11.3. The molecule has 3 aliphatic rings. The molecule has 3 aliphatic carbocycles. The Morgan fingerprint density at radius 1 is 0.700 bits per heavy atom. The highest BCUT2D eigenvalue weighted by atomic mass is 16.4. The Morgan fingerprint density at radius 2 is 1.00 bits per heavy atom. The van der Waals surface area contributed by atoms with Crippen molar-refractivity contribution in [3.05, 3.63) is 11.1 Å².